The maximum Gasteiger partial charge on any atom is 0.337 e. The smallest absolute Gasteiger partial charge is 0.337 e. The maximum atomic E-state index is 12.1. The molecule has 0 unspecified atom stereocenters. The van der Waals surface area contributed by atoms with Gasteiger partial charge in [-0.25, -0.2) is 17.5 Å². The number of benzene rings is 1. The normalized spacial score (nSPS) is 19.6. The zero-order chi connectivity index (χ0) is 15.5. The molecule has 9 heteroatoms. The zero-order valence-electron chi connectivity index (χ0n) is 10.3. The third-order valence-corrected chi connectivity index (χ3v) is 5.85. The SMILES string of the molecule is CC1(C)C(=O)N(c2c(Cl)cc(Cl)cc2C(=O)O)S1(=O)=O. The Kier molecular flexibility index (Phi) is 3.27. The zero-order valence-corrected chi connectivity index (χ0v) is 12.7. The van der Waals surface area contributed by atoms with Crippen LogP contribution in [-0.4, -0.2) is 30.1 Å². The van der Waals surface area contributed by atoms with Crippen molar-refractivity contribution in [3.05, 3.63) is 27.7 Å². The van der Waals surface area contributed by atoms with Crippen LogP contribution in [0.15, 0.2) is 12.1 Å². The fraction of sp³-hybridized carbons (Fsp3) is 0.273. The highest BCUT2D eigenvalue weighted by molar-refractivity contribution is 7.98. The van der Waals surface area contributed by atoms with E-state index in [-0.39, 0.29) is 15.7 Å². The van der Waals surface area contributed by atoms with Gasteiger partial charge in [0, 0.05) is 5.02 Å². The number of sulfonamides is 1. The second kappa shape index (κ2) is 4.34. The van der Waals surface area contributed by atoms with E-state index < -0.39 is 32.2 Å². The van der Waals surface area contributed by atoms with Crippen molar-refractivity contribution < 1.29 is 23.1 Å². The molecule has 0 aliphatic carbocycles. The van der Waals surface area contributed by atoms with Crippen molar-refractivity contribution in [2.24, 2.45) is 0 Å². The number of rotatable bonds is 2. The highest BCUT2D eigenvalue weighted by Crippen LogP contribution is 2.44. The average molecular weight is 338 g/mol. The third kappa shape index (κ3) is 1.81. The van der Waals surface area contributed by atoms with Gasteiger partial charge in [0.2, 0.25) is 0 Å². The number of aromatic carboxylic acids is 1. The summed E-state index contributed by atoms with van der Waals surface area (Å²) in [6.45, 7) is 2.48. The highest BCUT2D eigenvalue weighted by atomic mass is 35.5. The number of amides is 1. The number of carbonyl (C=O) groups excluding carboxylic acids is 1. The van der Waals surface area contributed by atoms with Crippen molar-refractivity contribution in [2.75, 3.05) is 4.31 Å². The summed E-state index contributed by atoms with van der Waals surface area (Å²) >= 11 is 11.6. The Morgan fingerprint density at radius 1 is 1.30 bits per heavy atom. The summed E-state index contributed by atoms with van der Waals surface area (Å²) in [5.41, 5.74) is -0.831. The van der Waals surface area contributed by atoms with E-state index >= 15 is 0 Å². The molecule has 6 nitrogen and oxygen atoms in total. The molecule has 2 rings (SSSR count). The first-order valence-electron chi connectivity index (χ1n) is 5.33. The second-order valence-corrected chi connectivity index (χ2v) is 7.85. The molecular formula is C11H9Cl2NO5S. The van der Waals surface area contributed by atoms with Gasteiger partial charge in [-0.15, -0.1) is 0 Å². The summed E-state index contributed by atoms with van der Waals surface area (Å²) in [5, 5.41) is 8.93. The largest absolute Gasteiger partial charge is 0.478 e. The van der Waals surface area contributed by atoms with Gasteiger partial charge in [-0.2, -0.15) is 0 Å². The highest BCUT2D eigenvalue weighted by Gasteiger charge is 2.62. The standard InChI is InChI=1S/C11H9Cl2NO5S/c1-11(2)10(17)14(20(11,18)19)8-6(9(15)16)3-5(12)4-7(8)13/h3-4H,1-2H3,(H,15,16). The van der Waals surface area contributed by atoms with Gasteiger partial charge in [0.15, 0.2) is 4.75 Å². The Morgan fingerprint density at radius 2 is 1.85 bits per heavy atom. The number of carboxylic acid groups (broad SMARTS) is 1. The van der Waals surface area contributed by atoms with Crippen molar-refractivity contribution in [1.82, 2.24) is 0 Å². The number of hydrogen-bond donors (Lipinski definition) is 1. The summed E-state index contributed by atoms with van der Waals surface area (Å²) in [4.78, 5) is 23.2. The summed E-state index contributed by atoms with van der Waals surface area (Å²) in [6.07, 6.45) is 0. The van der Waals surface area contributed by atoms with Crippen LogP contribution in [0.4, 0.5) is 5.69 Å². The van der Waals surface area contributed by atoms with E-state index in [1.807, 2.05) is 0 Å². The first-order chi connectivity index (χ1) is 9.01. The molecule has 0 radical (unpaired) electrons. The Labute approximate surface area is 124 Å². The minimum absolute atomic E-state index is 0.0285. The molecule has 1 N–H and O–H groups in total. The van der Waals surface area contributed by atoms with Crippen LogP contribution in [0, 0.1) is 0 Å². The third-order valence-electron chi connectivity index (χ3n) is 3.05. The average Bonchev–Trinajstić information content (AvgIpc) is 2.30. The molecule has 1 aliphatic rings. The van der Waals surface area contributed by atoms with Gasteiger partial charge in [0.25, 0.3) is 15.9 Å². The Balaban J connectivity index is 2.73. The van der Waals surface area contributed by atoms with Crippen LogP contribution in [0.5, 0.6) is 0 Å². The number of carboxylic acids is 1. The molecule has 20 heavy (non-hydrogen) atoms. The molecule has 1 heterocycles. The lowest BCUT2D eigenvalue weighted by atomic mass is 10.1. The molecule has 1 aromatic rings. The van der Waals surface area contributed by atoms with Gasteiger partial charge in [0.1, 0.15) is 0 Å². The number of anilines is 1. The fourth-order valence-electron chi connectivity index (χ4n) is 1.81. The fourth-order valence-corrected chi connectivity index (χ4v) is 3.96. The lowest BCUT2D eigenvalue weighted by molar-refractivity contribution is -0.120. The van der Waals surface area contributed by atoms with Gasteiger partial charge in [-0.3, -0.25) is 4.79 Å². The topological polar surface area (TPSA) is 91.8 Å². The van der Waals surface area contributed by atoms with Crippen molar-refractivity contribution >= 4 is 50.8 Å². The van der Waals surface area contributed by atoms with Crippen LogP contribution in [-0.2, 0) is 14.8 Å². The minimum atomic E-state index is -4.00. The Morgan fingerprint density at radius 3 is 2.30 bits per heavy atom. The Bertz CT molecular complexity index is 741. The molecule has 1 saturated heterocycles. The van der Waals surface area contributed by atoms with Crippen molar-refractivity contribution in [3.63, 3.8) is 0 Å². The quantitative estimate of drug-likeness (QED) is 0.892. The van der Waals surface area contributed by atoms with Crippen LogP contribution < -0.4 is 4.31 Å². The molecular weight excluding hydrogens is 329 g/mol. The minimum Gasteiger partial charge on any atom is -0.478 e. The molecule has 0 atom stereocenters. The van der Waals surface area contributed by atoms with Crippen molar-refractivity contribution in [3.8, 4) is 0 Å². The van der Waals surface area contributed by atoms with Crippen LogP contribution in [0.3, 0.4) is 0 Å². The molecule has 0 saturated carbocycles. The Hall–Kier alpha value is -1.31. The van der Waals surface area contributed by atoms with E-state index in [0.717, 1.165) is 6.07 Å². The maximum absolute atomic E-state index is 12.1. The van der Waals surface area contributed by atoms with Crippen molar-refractivity contribution in [1.29, 1.82) is 0 Å². The molecule has 108 valence electrons. The molecule has 1 amide bonds. The molecule has 1 aromatic carbocycles. The van der Waals surface area contributed by atoms with Gasteiger partial charge in [-0.05, 0) is 26.0 Å². The molecule has 0 aromatic heterocycles. The summed E-state index contributed by atoms with van der Waals surface area (Å²) in [6, 6.07) is 2.22. The molecule has 1 fully saturated rings. The number of carbonyl (C=O) groups is 2. The van der Waals surface area contributed by atoms with Gasteiger partial charge < -0.3 is 5.11 Å². The first kappa shape index (κ1) is 15.1. The molecule has 0 bridgehead atoms. The van der Waals surface area contributed by atoms with E-state index in [0.29, 0.717) is 4.31 Å². The lowest BCUT2D eigenvalue weighted by Gasteiger charge is -2.43. The van der Waals surface area contributed by atoms with Crippen LogP contribution in [0.1, 0.15) is 24.2 Å². The summed E-state index contributed by atoms with van der Waals surface area (Å²) in [7, 11) is -4.00. The van der Waals surface area contributed by atoms with E-state index in [1.54, 1.807) is 0 Å². The van der Waals surface area contributed by atoms with E-state index in [2.05, 4.69) is 0 Å². The number of hydrogen-bond acceptors (Lipinski definition) is 4. The number of nitrogens with zero attached hydrogens (tertiary/aromatic N) is 1. The monoisotopic (exact) mass is 337 g/mol. The van der Waals surface area contributed by atoms with Gasteiger partial charge >= 0.3 is 5.97 Å². The lowest BCUT2D eigenvalue weighted by Crippen LogP contribution is -2.68. The molecule has 1 aliphatic heterocycles. The first-order valence-corrected chi connectivity index (χ1v) is 7.53. The van der Waals surface area contributed by atoms with E-state index in [9.17, 15) is 18.0 Å². The van der Waals surface area contributed by atoms with Crippen LogP contribution in [0.25, 0.3) is 0 Å². The molecule has 0 spiro atoms. The van der Waals surface area contributed by atoms with Gasteiger partial charge in [-0.1, -0.05) is 23.2 Å². The predicted molar refractivity (Wildman–Crippen MR) is 73.9 cm³/mol. The van der Waals surface area contributed by atoms with E-state index in [1.165, 1.54) is 19.9 Å². The van der Waals surface area contributed by atoms with Crippen LogP contribution in [0.2, 0.25) is 10.0 Å². The summed E-state index contributed by atoms with van der Waals surface area (Å²) in [5.74, 6) is -2.18. The second-order valence-electron chi connectivity index (χ2n) is 4.67. The van der Waals surface area contributed by atoms with Crippen LogP contribution >= 0.6 is 23.2 Å². The van der Waals surface area contributed by atoms with E-state index in [4.69, 9.17) is 28.3 Å². The van der Waals surface area contributed by atoms with Gasteiger partial charge in [0.05, 0.1) is 16.3 Å². The summed E-state index contributed by atoms with van der Waals surface area (Å²) < 4.78 is 23.0. The predicted octanol–water partition coefficient (Wildman–Crippen LogP) is 2.15. The van der Waals surface area contributed by atoms with Crippen molar-refractivity contribution in [2.45, 2.75) is 18.6 Å². The number of halogens is 2.